The summed E-state index contributed by atoms with van der Waals surface area (Å²) < 4.78 is 25.4. The fraction of sp³-hybridized carbons (Fsp3) is 0.364. The second-order valence-electron chi connectivity index (χ2n) is 3.91. The molecule has 0 spiro atoms. The third kappa shape index (κ3) is 2.92. The zero-order chi connectivity index (χ0) is 11.5. The van der Waals surface area contributed by atoms with Crippen LogP contribution >= 0.6 is 0 Å². The van der Waals surface area contributed by atoms with E-state index < -0.39 is 17.7 Å². The number of benzene rings is 1. The molecule has 0 aliphatic heterocycles. The molecular formula is C11H12F2N2O. The van der Waals surface area contributed by atoms with Gasteiger partial charge in [0, 0.05) is 18.3 Å². The number of nitrogens with one attached hydrogen (secondary N) is 2. The van der Waals surface area contributed by atoms with Gasteiger partial charge in [0.1, 0.15) is 0 Å². The average Bonchev–Trinajstić information content (AvgIpc) is 3.04. The van der Waals surface area contributed by atoms with E-state index in [-0.39, 0.29) is 5.69 Å². The molecule has 86 valence electrons. The Morgan fingerprint density at radius 1 is 1.31 bits per heavy atom. The standard InChI is InChI=1S/C11H12F2N2O/c12-9-4-3-8(5-10(9)13)15-11(16)14-6-7-1-2-7/h3-5,7H,1-2,6H2,(H2,14,15,16). The molecule has 2 amide bonds. The average molecular weight is 226 g/mol. The van der Waals surface area contributed by atoms with Crippen LogP contribution in [0.15, 0.2) is 18.2 Å². The lowest BCUT2D eigenvalue weighted by Gasteiger charge is -2.06. The van der Waals surface area contributed by atoms with Gasteiger partial charge in [-0.2, -0.15) is 0 Å². The van der Waals surface area contributed by atoms with Gasteiger partial charge in [0.15, 0.2) is 11.6 Å². The number of carbonyl (C=O) groups is 1. The van der Waals surface area contributed by atoms with Crippen LogP contribution in [0, 0.1) is 17.6 Å². The zero-order valence-corrected chi connectivity index (χ0v) is 8.59. The van der Waals surface area contributed by atoms with Gasteiger partial charge in [-0.15, -0.1) is 0 Å². The number of amides is 2. The molecule has 1 aromatic rings. The van der Waals surface area contributed by atoms with Crippen LogP contribution in [0.2, 0.25) is 0 Å². The van der Waals surface area contributed by atoms with Crippen molar-refractivity contribution in [3.8, 4) is 0 Å². The van der Waals surface area contributed by atoms with E-state index in [2.05, 4.69) is 10.6 Å². The first-order chi connectivity index (χ1) is 7.65. The summed E-state index contributed by atoms with van der Waals surface area (Å²) in [6.45, 7) is 0.634. The number of hydrogen-bond donors (Lipinski definition) is 2. The molecular weight excluding hydrogens is 214 g/mol. The fourth-order valence-electron chi connectivity index (χ4n) is 1.31. The molecule has 0 bridgehead atoms. The van der Waals surface area contributed by atoms with E-state index in [4.69, 9.17) is 0 Å². The quantitative estimate of drug-likeness (QED) is 0.816. The van der Waals surface area contributed by atoms with Crippen LogP contribution in [0.3, 0.4) is 0 Å². The number of rotatable bonds is 3. The molecule has 0 unspecified atom stereocenters. The van der Waals surface area contributed by atoms with Crippen molar-refractivity contribution in [2.45, 2.75) is 12.8 Å². The largest absolute Gasteiger partial charge is 0.338 e. The van der Waals surface area contributed by atoms with Crippen LogP contribution in [0.4, 0.5) is 19.3 Å². The molecule has 0 radical (unpaired) electrons. The van der Waals surface area contributed by atoms with Crippen molar-refractivity contribution in [1.82, 2.24) is 5.32 Å². The Morgan fingerprint density at radius 2 is 2.06 bits per heavy atom. The fourth-order valence-corrected chi connectivity index (χ4v) is 1.31. The smallest absolute Gasteiger partial charge is 0.319 e. The van der Waals surface area contributed by atoms with Crippen LogP contribution in [0.25, 0.3) is 0 Å². The third-order valence-electron chi connectivity index (χ3n) is 2.43. The van der Waals surface area contributed by atoms with Gasteiger partial charge in [-0.05, 0) is 30.9 Å². The third-order valence-corrected chi connectivity index (χ3v) is 2.43. The van der Waals surface area contributed by atoms with Crippen molar-refractivity contribution in [2.75, 3.05) is 11.9 Å². The van der Waals surface area contributed by atoms with Crippen molar-refractivity contribution in [1.29, 1.82) is 0 Å². The van der Waals surface area contributed by atoms with E-state index in [1.54, 1.807) is 0 Å². The SMILES string of the molecule is O=C(NCC1CC1)Nc1ccc(F)c(F)c1. The van der Waals surface area contributed by atoms with E-state index in [1.165, 1.54) is 6.07 Å². The summed E-state index contributed by atoms with van der Waals surface area (Å²) in [7, 11) is 0. The summed E-state index contributed by atoms with van der Waals surface area (Å²) >= 11 is 0. The van der Waals surface area contributed by atoms with E-state index in [1.807, 2.05) is 0 Å². The predicted molar refractivity (Wildman–Crippen MR) is 56.1 cm³/mol. The summed E-state index contributed by atoms with van der Waals surface area (Å²) in [6, 6.07) is 2.85. The topological polar surface area (TPSA) is 41.1 Å². The van der Waals surface area contributed by atoms with Crippen molar-refractivity contribution in [2.24, 2.45) is 5.92 Å². The van der Waals surface area contributed by atoms with Gasteiger partial charge in [-0.25, -0.2) is 13.6 Å². The zero-order valence-electron chi connectivity index (χ0n) is 8.59. The summed E-state index contributed by atoms with van der Waals surface area (Å²) in [5, 5.41) is 5.10. The van der Waals surface area contributed by atoms with Gasteiger partial charge < -0.3 is 10.6 Å². The molecule has 1 aliphatic rings. The van der Waals surface area contributed by atoms with Crippen LogP contribution in [0.1, 0.15) is 12.8 Å². The second kappa shape index (κ2) is 4.47. The summed E-state index contributed by atoms with van der Waals surface area (Å²) in [4.78, 5) is 11.3. The molecule has 0 atom stereocenters. The van der Waals surface area contributed by atoms with Crippen LogP contribution < -0.4 is 10.6 Å². The van der Waals surface area contributed by atoms with E-state index in [0.717, 1.165) is 25.0 Å². The Balaban J connectivity index is 1.86. The maximum atomic E-state index is 12.8. The Kier molecular flexibility index (Phi) is 3.03. The molecule has 5 heteroatoms. The lowest BCUT2D eigenvalue weighted by molar-refractivity contribution is 0.251. The molecule has 1 saturated carbocycles. The lowest BCUT2D eigenvalue weighted by atomic mass is 10.3. The van der Waals surface area contributed by atoms with E-state index in [9.17, 15) is 13.6 Å². The van der Waals surface area contributed by atoms with Crippen LogP contribution in [0.5, 0.6) is 0 Å². The van der Waals surface area contributed by atoms with Gasteiger partial charge in [-0.3, -0.25) is 0 Å². The van der Waals surface area contributed by atoms with Crippen LogP contribution in [-0.2, 0) is 0 Å². The molecule has 0 heterocycles. The minimum atomic E-state index is -0.972. The second-order valence-corrected chi connectivity index (χ2v) is 3.91. The maximum Gasteiger partial charge on any atom is 0.319 e. The van der Waals surface area contributed by atoms with E-state index in [0.29, 0.717) is 12.5 Å². The van der Waals surface area contributed by atoms with Crippen molar-refractivity contribution < 1.29 is 13.6 Å². The summed E-state index contributed by atoms with van der Waals surface area (Å²) in [5.41, 5.74) is 0.243. The van der Waals surface area contributed by atoms with Crippen molar-refractivity contribution in [3.63, 3.8) is 0 Å². The predicted octanol–water partition coefficient (Wildman–Crippen LogP) is 2.50. The number of urea groups is 1. The molecule has 1 fully saturated rings. The first-order valence-corrected chi connectivity index (χ1v) is 5.15. The highest BCUT2D eigenvalue weighted by atomic mass is 19.2. The lowest BCUT2D eigenvalue weighted by Crippen LogP contribution is -2.30. The van der Waals surface area contributed by atoms with Crippen molar-refractivity contribution >= 4 is 11.7 Å². The van der Waals surface area contributed by atoms with Crippen molar-refractivity contribution in [3.05, 3.63) is 29.8 Å². The Hall–Kier alpha value is -1.65. The Bertz CT molecular complexity index is 405. The Labute approximate surface area is 91.8 Å². The van der Waals surface area contributed by atoms with Gasteiger partial charge >= 0.3 is 6.03 Å². The molecule has 0 saturated heterocycles. The highest BCUT2D eigenvalue weighted by Crippen LogP contribution is 2.27. The molecule has 3 nitrogen and oxygen atoms in total. The minimum Gasteiger partial charge on any atom is -0.338 e. The van der Waals surface area contributed by atoms with Crippen LogP contribution in [-0.4, -0.2) is 12.6 Å². The first kappa shape index (κ1) is 10.9. The van der Waals surface area contributed by atoms with Gasteiger partial charge in [0.2, 0.25) is 0 Å². The number of carbonyl (C=O) groups excluding carboxylic acids is 1. The molecule has 16 heavy (non-hydrogen) atoms. The molecule has 1 aromatic carbocycles. The normalized spacial score (nSPS) is 14.6. The number of hydrogen-bond acceptors (Lipinski definition) is 1. The molecule has 0 aromatic heterocycles. The maximum absolute atomic E-state index is 12.8. The van der Waals surface area contributed by atoms with E-state index >= 15 is 0 Å². The highest BCUT2D eigenvalue weighted by molar-refractivity contribution is 5.89. The Morgan fingerprint density at radius 3 is 2.69 bits per heavy atom. The highest BCUT2D eigenvalue weighted by Gasteiger charge is 2.21. The van der Waals surface area contributed by atoms with Gasteiger partial charge in [-0.1, -0.05) is 0 Å². The minimum absolute atomic E-state index is 0.243. The molecule has 1 aliphatic carbocycles. The van der Waals surface area contributed by atoms with Gasteiger partial charge in [0.05, 0.1) is 0 Å². The summed E-state index contributed by atoms with van der Waals surface area (Å²) in [6.07, 6.45) is 2.29. The number of halogens is 2. The monoisotopic (exact) mass is 226 g/mol. The summed E-state index contributed by atoms with van der Waals surface area (Å²) in [5.74, 6) is -1.32. The molecule has 2 N–H and O–H groups in total. The first-order valence-electron chi connectivity index (χ1n) is 5.15. The molecule has 2 rings (SSSR count). The number of anilines is 1. The van der Waals surface area contributed by atoms with Gasteiger partial charge in [0.25, 0.3) is 0 Å².